The van der Waals surface area contributed by atoms with Gasteiger partial charge in [-0.2, -0.15) is 0 Å². The first kappa shape index (κ1) is 4.91. The molecule has 7 heavy (non-hydrogen) atoms. The molecule has 0 heterocycles. The topological polar surface area (TPSA) is 20.2 Å². The van der Waals surface area contributed by atoms with Crippen LogP contribution in [0.25, 0.3) is 0 Å². The van der Waals surface area contributed by atoms with E-state index < -0.39 is 0 Å². The molecule has 37 valence electrons. The van der Waals surface area contributed by atoms with Gasteiger partial charge in [-0.25, -0.2) is 0 Å². The summed E-state index contributed by atoms with van der Waals surface area (Å²) in [6, 6.07) is 0. The summed E-state index contributed by atoms with van der Waals surface area (Å²) in [4.78, 5) is 0. The monoisotopic (exact) mass is 95.1 g/mol. The van der Waals surface area contributed by atoms with Gasteiger partial charge in [0.15, 0.2) is 0 Å². The summed E-state index contributed by atoms with van der Waals surface area (Å²) >= 11 is 0. The normalized spacial score (nSPS) is 19.3. The fraction of sp³-hybridized carbons (Fsp3) is 0.600. The van der Waals surface area contributed by atoms with E-state index in [1.54, 1.807) is 0 Å². The van der Waals surface area contributed by atoms with Crippen molar-refractivity contribution in [2.24, 2.45) is 0 Å². The van der Waals surface area contributed by atoms with Crippen LogP contribution < -0.4 is 0 Å². The summed E-state index contributed by atoms with van der Waals surface area (Å²) in [5.41, 5.74) is 1.10. The van der Waals surface area contributed by atoms with Gasteiger partial charge < -0.3 is 5.02 Å². The number of rotatable bonds is 1. The molecule has 0 spiro atoms. The van der Waals surface area contributed by atoms with Crippen LogP contribution in [0.5, 0.6) is 0 Å². The third kappa shape index (κ3) is 1.06. The second-order valence-electron chi connectivity index (χ2n) is 1.80. The Hall–Kier alpha value is -0.235. The number of hydrogen-bond donors (Lipinski definition) is 1. The van der Waals surface area contributed by atoms with Crippen molar-refractivity contribution in [1.82, 2.24) is 0 Å². The molecule has 0 unspecified atom stereocenters. The summed E-state index contributed by atoms with van der Waals surface area (Å²) in [7, 11) is 1.20. The first-order valence-corrected chi connectivity index (χ1v) is 2.60. The molecule has 1 rings (SSSR count). The van der Waals surface area contributed by atoms with Crippen LogP contribution in [-0.4, -0.2) is 12.5 Å². The van der Waals surface area contributed by atoms with E-state index in [-0.39, 0.29) is 0 Å². The maximum Gasteiger partial charge on any atom is 0.321 e. The highest BCUT2D eigenvalue weighted by atomic mass is 16.2. The quantitative estimate of drug-likeness (QED) is 0.474. The average molecular weight is 94.9 g/mol. The van der Waals surface area contributed by atoms with Gasteiger partial charge in [-0.15, -0.1) is 0 Å². The van der Waals surface area contributed by atoms with Crippen molar-refractivity contribution in [2.45, 2.75) is 19.3 Å². The first-order chi connectivity index (χ1) is 3.43. The molecule has 1 N–H and O–H groups in total. The van der Waals surface area contributed by atoms with E-state index in [1.807, 2.05) is 0 Å². The minimum absolute atomic E-state index is 1.07. The van der Waals surface area contributed by atoms with Crippen LogP contribution in [0.15, 0.2) is 11.5 Å². The Morgan fingerprint density at radius 2 is 2.57 bits per heavy atom. The predicted molar refractivity (Wildman–Crippen MR) is 29.9 cm³/mol. The van der Waals surface area contributed by atoms with Crippen LogP contribution in [0.4, 0.5) is 0 Å². The summed E-state index contributed by atoms with van der Waals surface area (Å²) < 4.78 is 0. The molecule has 0 aliphatic heterocycles. The molecule has 2 heteroatoms. The predicted octanol–water partition coefficient (Wildman–Crippen LogP) is 0.666. The largest absolute Gasteiger partial charge is 0.450 e. The smallest absolute Gasteiger partial charge is 0.321 e. The van der Waals surface area contributed by atoms with Crippen molar-refractivity contribution in [3.05, 3.63) is 11.5 Å². The third-order valence-electron chi connectivity index (χ3n) is 1.24. The van der Waals surface area contributed by atoms with Crippen molar-refractivity contribution in [2.75, 3.05) is 0 Å². The van der Waals surface area contributed by atoms with E-state index in [4.69, 9.17) is 5.02 Å². The standard InChI is InChI=1S/C5H8BO/c7-6-5-3-1-2-4-5/h3,7H,1-2,4H2. The van der Waals surface area contributed by atoms with Gasteiger partial charge in [0.25, 0.3) is 0 Å². The molecule has 0 fully saturated rings. The maximum absolute atomic E-state index is 8.37. The van der Waals surface area contributed by atoms with Crippen LogP contribution in [0.1, 0.15) is 19.3 Å². The highest BCUT2D eigenvalue weighted by Crippen LogP contribution is 2.14. The van der Waals surface area contributed by atoms with Crippen LogP contribution in [0.2, 0.25) is 0 Å². The second kappa shape index (κ2) is 2.17. The zero-order valence-corrected chi connectivity index (χ0v) is 4.22. The molecule has 0 saturated carbocycles. The minimum Gasteiger partial charge on any atom is -0.450 e. The van der Waals surface area contributed by atoms with Gasteiger partial charge in [-0.3, -0.25) is 0 Å². The second-order valence-corrected chi connectivity index (χ2v) is 1.80. The molecule has 0 amide bonds. The van der Waals surface area contributed by atoms with Crippen molar-refractivity contribution < 1.29 is 5.02 Å². The molecular formula is C5H8BO. The molecule has 1 nitrogen and oxygen atoms in total. The molecule has 0 saturated heterocycles. The number of allylic oxidation sites excluding steroid dienone is 2. The van der Waals surface area contributed by atoms with Gasteiger partial charge in [0.2, 0.25) is 0 Å². The van der Waals surface area contributed by atoms with Crippen LogP contribution in [-0.2, 0) is 0 Å². The average Bonchev–Trinajstić information content (AvgIpc) is 2.14. The molecule has 1 aliphatic carbocycles. The van der Waals surface area contributed by atoms with Crippen LogP contribution >= 0.6 is 0 Å². The molecule has 0 aromatic heterocycles. The lowest BCUT2D eigenvalue weighted by Gasteiger charge is -1.85. The van der Waals surface area contributed by atoms with Crippen LogP contribution in [0.3, 0.4) is 0 Å². The molecule has 1 radical (unpaired) electrons. The van der Waals surface area contributed by atoms with Gasteiger partial charge in [-0.1, -0.05) is 11.5 Å². The zero-order valence-electron chi connectivity index (χ0n) is 4.22. The lowest BCUT2D eigenvalue weighted by molar-refractivity contribution is 0.608. The summed E-state index contributed by atoms with van der Waals surface area (Å²) in [6.45, 7) is 0. The summed E-state index contributed by atoms with van der Waals surface area (Å²) in [5.74, 6) is 0. The first-order valence-electron chi connectivity index (χ1n) is 2.60. The van der Waals surface area contributed by atoms with Gasteiger partial charge in [0, 0.05) is 0 Å². The van der Waals surface area contributed by atoms with Gasteiger partial charge >= 0.3 is 7.48 Å². The Morgan fingerprint density at radius 3 is 2.86 bits per heavy atom. The highest BCUT2D eigenvalue weighted by molar-refractivity contribution is 6.36. The molecule has 0 atom stereocenters. The van der Waals surface area contributed by atoms with E-state index in [0.717, 1.165) is 18.3 Å². The van der Waals surface area contributed by atoms with E-state index in [9.17, 15) is 0 Å². The Labute approximate surface area is 44.3 Å². The van der Waals surface area contributed by atoms with Gasteiger partial charge in [0.1, 0.15) is 0 Å². The van der Waals surface area contributed by atoms with E-state index in [2.05, 4.69) is 6.08 Å². The van der Waals surface area contributed by atoms with Crippen molar-refractivity contribution in [3.8, 4) is 0 Å². The molecule has 0 aromatic rings. The number of hydrogen-bond acceptors (Lipinski definition) is 1. The summed E-state index contributed by atoms with van der Waals surface area (Å²) in [5, 5.41) is 8.37. The Morgan fingerprint density at radius 1 is 1.71 bits per heavy atom. The maximum atomic E-state index is 8.37. The third-order valence-corrected chi connectivity index (χ3v) is 1.24. The van der Waals surface area contributed by atoms with Crippen molar-refractivity contribution in [1.29, 1.82) is 0 Å². The Balaban J connectivity index is 2.36. The molecule has 0 bridgehead atoms. The molecular weight excluding hydrogens is 86.9 g/mol. The van der Waals surface area contributed by atoms with Crippen LogP contribution in [0, 0.1) is 0 Å². The fourth-order valence-corrected chi connectivity index (χ4v) is 0.813. The van der Waals surface area contributed by atoms with Crippen molar-refractivity contribution in [3.63, 3.8) is 0 Å². The lowest BCUT2D eigenvalue weighted by atomic mass is 9.88. The molecule has 1 aliphatic rings. The van der Waals surface area contributed by atoms with Gasteiger partial charge in [-0.05, 0) is 19.3 Å². The Bertz CT molecular complexity index is 88.1. The lowest BCUT2D eigenvalue weighted by Crippen LogP contribution is -1.88. The fourth-order valence-electron chi connectivity index (χ4n) is 0.813. The zero-order chi connectivity index (χ0) is 5.11. The van der Waals surface area contributed by atoms with E-state index in [0.29, 0.717) is 0 Å². The highest BCUT2D eigenvalue weighted by Gasteiger charge is 2.02. The van der Waals surface area contributed by atoms with Crippen molar-refractivity contribution >= 4 is 7.48 Å². The SMILES string of the molecule is O[B]C1=CCCC1. The minimum atomic E-state index is 1.07. The molecule has 0 aromatic carbocycles. The van der Waals surface area contributed by atoms with E-state index in [1.165, 1.54) is 13.9 Å². The van der Waals surface area contributed by atoms with Gasteiger partial charge in [0.05, 0.1) is 0 Å². The summed E-state index contributed by atoms with van der Waals surface area (Å²) in [6.07, 6.45) is 5.50. The Kier molecular flexibility index (Phi) is 1.52. The van der Waals surface area contributed by atoms with E-state index >= 15 is 0 Å².